The first kappa shape index (κ1) is 15.4. The molecule has 0 bridgehead atoms. The van der Waals surface area contributed by atoms with E-state index in [0.29, 0.717) is 19.3 Å². The van der Waals surface area contributed by atoms with Crippen LogP contribution in [0.4, 0.5) is 0 Å². The van der Waals surface area contributed by atoms with Gasteiger partial charge in [0.1, 0.15) is 0 Å². The lowest BCUT2D eigenvalue weighted by Gasteiger charge is -2.31. The van der Waals surface area contributed by atoms with Crippen molar-refractivity contribution >= 4 is 5.97 Å². The van der Waals surface area contributed by atoms with Gasteiger partial charge in [-0.1, -0.05) is 20.3 Å². The average Bonchev–Trinajstić information content (AvgIpc) is 2.37. The minimum Gasteiger partial charge on any atom is -0.465 e. The van der Waals surface area contributed by atoms with Gasteiger partial charge in [-0.05, 0) is 32.2 Å². The fraction of sp³-hybridized carbons (Fsp3) is 0.929. The number of ether oxygens (including phenoxy) is 2. The molecule has 1 rings (SSSR count). The number of nitrogens with zero attached hydrogens (tertiary/aromatic N) is 1. The number of piperidine rings is 1. The first-order valence-electron chi connectivity index (χ1n) is 7.25. The molecule has 18 heavy (non-hydrogen) atoms. The number of hydrogen-bond acceptors (Lipinski definition) is 4. The van der Waals surface area contributed by atoms with E-state index in [9.17, 15) is 4.79 Å². The summed E-state index contributed by atoms with van der Waals surface area (Å²) in [6, 6.07) is 0. The molecular formula is C14H27NO3. The molecule has 1 heterocycles. The summed E-state index contributed by atoms with van der Waals surface area (Å²) in [6.45, 7) is 7.84. The lowest BCUT2D eigenvalue weighted by atomic mass is 10.1. The Bertz CT molecular complexity index is 233. The van der Waals surface area contributed by atoms with E-state index in [1.807, 2.05) is 0 Å². The van der Waals surface area contributed by atoms with Crippen molar-refractivity contribution in [3.8, 4) is 0 Å². The van der Waals surface area contributed by atoms with Crippen LogP contribution >= 0.6 is 0 Å². The van der Waals surface area contributed by atoms with E-state index in [1.165, 1.54) is 0 Å². The molecular weight excluding hydrogens is 230 g/mol. The molecule has 1 unspecified atom stereocenters. The molecule has 0 N–H and O–H groups in total. The molecule has 0 spiro atoms. The fourth-order valence-corrected chi connectivity index (χ4v) is 2.14. The van der Waals surface area contributed by atoms with E-state index < -0.39 is 0 Å². The Morgan fingerprint density at radius 2 is 2.11 bits per heavy atom. The largest absolute Gasteiger partial charge is 0.465 e. The Kier molecular flexibility index (Phi) is 8.01. The topological polar surface area (TPSA) is 38.8 Å². The lowest BCUT2D eigenvalue weighted by Crippen LogP contribution is -2.42. The molecule has 0 radical (unpaired) electrons. The van der Waals surface area contributed by atoms with Crippen LogP contribution in [0.5, 0.6) is 0 Å². The van der Waals surface area contributed by atoms with Crippen LogP contribution in [-0.4, -0.2) is 49.8 Å². The average molecular weight is 257 g/mol. The monoisotopic (exact) mass is 257 g/mol. The van der Waals surface area contributed by atoms with Gasteiger partial charge in [-0.25, -0.2) is 0 Å². The number of unbranched alkanes of at least 4 members (excludes halogenated alkanes) is 1. The van der Waals surface area contributed by atoms with Crippen LogP contribution < -0.4 is 0 Å². The van der Waals surface area contributed by atoms with E-state index in [-0.39, 0.29) is 5.97 Å². The predicted octanol–water partition coefficient (Wildman–Crippen LogP) is 2.22. The quantitative estimate of drug-likeness (QED) is 0.494. The molecule has 4 nitrogen and oxygen atoms in total. The van der Waals surface area contributed by atoms with Gasteiger partial charge >= 0.3 is 5.97 Å². The van der Waals surface area contributed by atoms with Gasteiger partial charge in [-0.2, -0.15) is 0 Å². The van der Waals surface area contributed by atoms with Crippen LogP contribution in [0.15, 0.2) is 0 Å². The third-order valence-electron chi connectivity index (χ3n) is 3.13. The van der Waals surface area contributed by atoms with Gasteiger partial charge in [-0.15, -0.1) is 0 Å². The number of likely N-dealkylation sites (tertiary alicyclic amines) is 1. The maximum atomic E-state index is 11.6. The molecule has 0 aromatic carbocycles. The zero-order chi connectivity index (χ0) is 13.2. The maximum absolute atomic E-state index is 11.6. The van der Waals surface area contributed by atoms with Gasteiger partial charge in [0.25, 0.3) is 0 Å². The molecule has 0 amide bonds. The molecule has 0 saturated carbocycles. The van der Waals surface area contributed by atoms with Crippen molar-refractivity contribution in [3.05, 3.63) is 0 Å². The highest BCUT2D eigenvalue weighted by Gasteiger charge is 2.22. The SMILES string of the molecule is CCCCOC(=O)CN1CCCC(OCCC)C1. The van der Waals surface area contributed by atoms with Crippen molar-refractivity contribution in [3.63, 3.8) is 0 Å². The first-order valence-corrected chi connectivity index (χ1v) is 7.25. The molecule has 1 fully saturated rings. The minimum absolute atomic E-state index is 0.0976. The van der Waals surface area contributed by atoms with Crippen LogP contribution in [0.25, 0.3) is 0 Å². The molecule has 4 heteroatoms. The minimum atomic E-state index is -0.0976. The summed E-state index contributed by atoms with van der Waals surface area (Å²) >= 11 is 0. The highest BCUT2D eigenvalue weighted by Crippen LogP contribution is 2.13. The molecule has 0 aromatic rings. The summed E-state index contributed by atoms with van der Waals surface area (Å²) < 4.78 is 10.9. The van der Waals surface area contributed by atoms with E-state index in [4.69, 9.17) is 9.47 Å². The van der Waals surface area contributed by atoms with Gasteiger partial charge in [0.05, 0.1) is 19.3 Å². The summed E-state index contributed by atoms with van der Waals surface area (Å²) in [5.74, 6) is -0.0976. The Hall–Kier alpha value is -0.610. The lowest BCUT2D eigenvalue weighted by molar-refractivity contribution is -0.146. The normalized spacial score (nSPS) is 20.9. The summed E-state index contributed by atoms with van der Waals surface area (Å²) in [4.78, 5) is 13.8. The molecule has 0 aliphatic carbocycles. The van der Waals surface area contributed by atoms with Gasteiger partial charge in [-0.3, -0.25) is 9.69 Å². The summed E-state index contributed by atoms with van der Waals surface area (Å²) in [5, 5.41) is 0. The fourth-order valence-electron chi connectivity index (χ4n) is 2.14. The summed E-state index contributed by atoms with van der Waals surface area (Å²) in [7, 11) is 0. The molecule has 106 valence electrons. The Balaban J connectivity index is 2.18. The molecule has 1 atom stereocenters. The number of carbonyl (C=O) groups is 1. The second kappa shape index (κ2) is 9.34. The van der Waals surface area contributed by atoms with Crippen LogP contribution in [0, 0.1) is 0 Å². The highest BCUT2D eigenvalue weighted by molar-refractivity contribution is 5.71. The Morgan fingerprint density at radius 3 is 2.83 bits per heavy atom. The van der Waals surface area contributed by atoms with Gasteiger partial charge < -0.3 is 9.47 Å². The van der Waals surface area contributed by atoms with Gasteiger partial charge in [0.2, 0.25) is 0 Å². The maximum Gasteiger partial charge on any atom is 0.320 e. The van der Waals surface area contributed by atoms with Crippen LogP contribution in [0.3, 0.4) is 0 Å². The second-order valence-corrected chi connectivity index (χ2v) is 4.94. The number of rotatable bonds is 8. The summed E-state index contributed by atoms with van der Waals surface area (Å²) in [5.41, 5.74) is 0. The highest BCUT2D eigenvalue weighted by atomic mass is 16.5. The van der Waals surface area contributed by atoms with E-state index in [0.717, 1.165) is 51.8 Å². The zero-order valence-electron chi connectivity index (χ0n) is 11.8. The first-order chi connectivity index (χ1) is 8.76. The van der Waals surface area contributed by atoms with Gasteiger partial charge in [0, 0.05) is 13.2 Å². The van der Waals surface area contributed by atoms with Crippen molar-refractivity contribution < 1.29 is 14.3 Å². The van der Waals surface area contributed by atoms with E-state index in [2.05, 4.69) is 18.7 Å². The van der Waals surface area contributed by atoms with Gasteiger partial charge in [0.15, 0.2) is 0 Å². The Labute approximate surface area is 111 Å². The van der Waals surface area contributed by atoms with Crippen LogP contribution in [0.1, 0.15) is 46.0 Å². The summed E-state index contributed by atoms with van der Waals surface area (Å²) in [6.07, 6.45) is 5.58. The Morgan fingerprint density at radius 1 is 1.28 bits per heavy atom. The molecule has 1 aliphatic heterocycles. The number of esters is 1. The van der Waals surface area contributed by atoms with Crippen molar-refractivity contribution in [1.82, 2.24) is 4.90 Å². The third-order valence-corrected chi connectivity index (χ3v) is 3.13. The number of hydrogen-bond donors (Lipinski definition) is 0. The van der Waals surface area contributed by atoms with Crippen molar-refractivity contribution in [2.45, 2.75) is 52.1 Å². The second-order valence-electron chi connectivity index (χ2n) is 4.94. The van der Waals surface area contributed by atoms with E-state index in [1.54, 1.807) is 0 Å². The van der Waals surface area contributed by atoms with Crippen molar-refractivity contribution in [1.29, 1.82) is 0 Å². The van der Waals surface area contributed by atoms with Crippen LogP contribution in [-0.2, 0) is 14.3 Å². The third kappa shape index (κ3) is 6.36. The predicted molar refractivity (Wildman–Crippen MR) is 71.6 cm³/mol. The molecule has 1 saturated heterocycles. The van der Waals surface area contributed by atoms with Crippen LogP contribution in [0.2, 0.25) is 0 Å². The van der Waals surface area contributed by atoms with E-state index >= 15 is 0 Å². The molecule has 0 aromatic heterocycles. The van der Waals surface area contributed by atoms with Crippen molar-refractivity contribution in [2.75, 3.05) is 32.8 Å². The smallest absolute Gasteiger partial charge is 0.320 e. The van der Waals surface area contributed by atoms with Crippen molar-refractivity contribution in [2.24, 2.45) is 0 Å². The standard InChI is InChI=1S/C14H27NO3/c1-3-5-10-18-14(16)12-15-8-6-7-13(11-15)17-9-4-2/h13H,3-12H2,1-2H3. The molecule has 1 aliphatic rings. The zero-order valence-corrected chi connectivity index (χ0v) is 11.8. The number of carbonyl (C=O) groups excluding carboxylic acids is 1.